The van der Waals surface area contributed by atoms with E-state index in [4.69, 9.17) is 9.47 Å². The zero-order valence-electron chi connectivity index (χ0n) is 24.5. The Bertz CT molecular complexity index is 1900. The fourth-order valence-corrected chi connectivity index (χ4v) is 6.05. The molecule has 5 rings (SSSR count). The van der Waals surface area contributed by atoms with Gasteiger partial charge in [0.2, 0.25) is 0 Å². The van der Waals surface area contributed by atoms with E-state index in [0.29, 0.717) is 39.6 Å². The van der Waals surface area contributed by atoms with E-state index in [1.54, 1.807) is 61.6 Å². The van der Waals surface area contributed by atoms with Crippen LogP contribution >= 0.6 is 12.4 Å². The Morgan fingerprint density at radius 2 is 1.57 bits per heavy atom. The number of phenols is 1. The third kappa shape index (κ3) is 6.67. The molecule has 0 aromatic heterocycles. The van der Waals surface area contributed by atoms with Gasteiger partial charge in [-0.15, -0.1) is 12.4 Å². The van der Waals surface area contributed by atoms with E-state index < -0.39 is 16.1 Å². The number of hydrogen-bond donors (Lipinski definition) is 3. The predicted molar refractivity (Wildman–Crippen MR) is 177 cm³/mol. The molecule has 9 nitrogen and oxygen atoms in total. The Balaban J connectivity index is 0.00000442. The van der Waals surface area contributed by atoms with Gasteiger partial charge in [-0.3, -0.25) is 4.72 Å². The molecule has 0 atom stereocenters. The molecule has 11 heteroatoms. The van der Waals surface area contributed by atoms with Gasteiger partial charge in [-0.25, -0.2) is 13.2 Å². The summed E-state index contributed by atoms with van der Waals surface area (Å²) in [5, 5.41) is 16.8. The Kier molecular flexibility index (Phi) is 10.2. The van der Waals surface area contributed by atoms with E-state index in [0.717, 1.165) is 18.4 Å². The van der Waals surface area contributed by atoms with Crippen LogP contribution in [0.15, 0.2) is 95.9 Å². The van der Waals surface area contributed by atoms with Crippen LogP contribution in [-0.4, -0.2) is 58.8 Å². The molecule has 0 aliphatic heterocycles. The largest absolute Gasteiger partial charge is 0.507 e. The number of fused-ring (bicyclic) bond motifs is 2. The summed E-state index contributed by atoms with van der Waals surface area (Å²) in [4.78, 5) is 14.9. The van der Waals surface area contributed by atoms with Gasteiger partial charge in [-0.1, -0.05) is 54.6 Å². The highest BCUT2D eigenvalue weighted by Crippen LogP contribution is 2.47. The molecule has 0 saturated heterocycles. The number of nitrogens with one attached hydrogen (secondary N) is 2. The van der Waals surface area contributed by atoms with E-state index in [2.05, 4.69) is 10.0 Å². The summed E-state index contributed by atoms with van der Waals surface area (Å²) >= 11 is 0. The molecule has 3 N–H and O–H groups in total. The maximum absolute atomic E-state index is 13.6. The number of amides is 1. The highest BCUT2D eigenvalue weighted by molar-refractivity contribution is 7.92. The van der Waals surface area contributed by atoms with E-state index in [-0.39, 0.29) is 34.5 Å². The lowest BCUT2D eigenvalue weighted by atomic mass is 9.93. The first-order chi connectivity index (χ1) is 20.7. The van der Waals surface area contributed by atoms with E-state index in [1.165, 1.54) is 24.1 Å². The molecule has 0 aliphatic rings. The average molecular weight is 636 g/mol. The second-order valence-corrected chi connectivity index (χ2v) is 11.7. The molecule has 0 fully saturated rings. The van der Waals surface area contributed by atoms with Crippen LogP contribution in [0.2, 0.25) is 0 Å². The van der Waals surface area contributed by atoms with Crippen LogP contribution in [0, 0.1) is 0 Å². The zero-order chi connectivity index (χ0) is 30.6. The lowest BCUT2D eigenvalue weighted by Crippen LogP contribution is -2.32. The summed E-state index contributed by atoms with van der Waals surface area (Å²) in [6, 6.07) is 25.6. The smallest absolute Gasteiger partial charge is 0.415 e. The van der Waals surface area contributed by atoms with Crippen molar-refractivity contribution in [1.29, 1.82) is 0 Å². The molecule has 0 aliphatic carbocycles. The molecular weight excluding hydrogens is 602 g/mol. The first-order valence-corrected chi connectivity index (χ1v) is 15.2. The van der Waals surface area contributed by atoms with Crippen LogP contribution in [0.1, 0.15) is 6.42 Å². The summed E-state index contributed by atoms with van der Waals surface area (Å²) in [6.07, 6.45) is 0.153. The Labute approximate surface area is 262 Å². The number of benzene rings is 5. The predicted octanol–water partition coefficient (Wildman–Crippen LogP) is 6.64. The van der Waals surface area contributed by atoms with Crippen LogP contribution in [0.4, 0.5) is 10.5 Å². The van der Waals surface area contributed by atoms with Crippen molar-refractivity contribution < 1.29 is 27.8 Å². The minimum absolute atomic E-state index is 0. The Morgan fingerprint density at radius 1 is 0.909 bits per heavy atom. The molecular formula is C33H34ClN3O6S. The fourth-order valence-electron chi connectivity index (χ4n) is 4.98. The number of carbonyl (C=O) groups is 1. The quantitative estimate of drug-likeness (QED) is 0.147. The minimum atomic E-state index is -4.03. The number of nitrogens with zero attached hydrogens (tertiary/aromatic N) is 1. The van der Waals surface area contributed by atoms with Crippen molar-refractivity contribution >= 4 is 55.8 Å². The fraction of sp³-hybridized carbons (Fsp3) is 0.182. The molecule has 0 spiro atoms. The molecule has 5 aromatic rings. The molecule has 0 saturated carbocycles. The summed E-state index contributed by atoms with van der Waals surface area (Å²) in [5.74, 6) is 0.693. The monoisotopic (exact) mass is 635 g/mol. The molecule has 0 heterocycles. The second-order valence-electron chi connectivity index (χ2n) is 10.1. The van der Waals surface area contributed by atoms with Crippen molar-refractivity contribution in [1.82, 2.24) is 10.2 Å². The van der Waals surface area contributed by atoms with Gasteiger partial charge in [-0.2, -0.15) is 0 Å². The number of sulfonamides is 1. The second kappa shape index (κ2) is 13.9. The number of phenolic OH excluding ortho intramolecular Hbond substituents is 1. The molecule has 0 radical (unpaired) electrons. The van der Waals surface area contributed by atoms with Gasteiger partial charge in [0.25, 0.3) is 10.0 Å². The SMILES string of the molecule is CNCCCN(C)C(=O)Oc1c(-c2c(O)ccc3ccccc23)cc(NS(=O)(=O)c2ccc(OC)cc2)c2ccccc12.Cl. The maximum atomic E-state index is 13.6. The number of aromatic hydroxyl groups is 1. The third-order valence-corrected chi connectivity index (χ3v) is 8.59. The Hall–Kier alpha value is -4.51. The number of ether oxygens (including phenoxy) is 2. The van der Waals surface area contributed by atoms with Crippen LogP contribution in [0.5, 0.6) is 17.2 Å². The van der Waals surface area contributed by atoms with Gasteiger partial charge in [-0.05, 0) is 67.2 Å². The topological polar surface area (TPSA) is 117 Å². The number of rotatable bonds is 10. The lowest BCUT2D eigenvalue weighted by Gasteiger charge is -2.22. The molecule has 44 heavy (non-hydrogen) atoms. The molecule has 5 aromatic carbocycles. The van der Waals surface area contributed by atoms with Crippen molar-refractivity contribution in [2.45, 2.75) is 11.3 Å². The van der Waals surface area contributed by atoms with Crippen molar-refractivity contribution in [2.75, 3.05) is 39.0 Å². The molecule has 230 valence electrons. The van der Waals surface area contributed by atoms with E-state index in [9.17, 15) is 18.3 Å². The maximum Gasteiger partial charge on any atom is 0.415 e. The Morgan fingerprint density at radius 3 is 2.25 bits per heavy atom. The van der Waals surface area contributed by atoms with Gasteiger partial charge >= 0.3 is 6.09 Å². The number of anilines is 1. The molecule has 0 bridgehead atoms. The molecule has 0 unspecified atom stereocenters. The first kappa shape index (κ1) is 32.4. The average Bonchev–Trinajstić information content (AvgIpc) is 3.02. The van der Waals surface area contributed by atoms with Gasteiger partial charge in [0.1, 0.15) is 17.2 Å². The van der Waals surface area contributed by atoms with Crippen molar-refractivity contribution in [3.05, 3.63) is 91.0 Å². The highest BCUT2D eigenvalue weighted by Gasteiger charge is 2.25. The van der Waals surface area contributed by atoms with Gasteiger partial charge < -0.3 is 24.8 Å². The van der Waals surface area contributed by atoms with Crippen LogP contribution in [0.3, 0.4) is 0 Å². The highest BCUT2D eigenvalue weighted by atomic mass is 35.5. The number of halogens is 1. The number of carbonyl (C=O) groups excluding carboxylic acids is 1. The van der Waals surface area contributed by atoms with Crippen LogP contribution < -0.4 is 19.5 Å². The minimum Gasteiger partial charge on any atom is -0.507 e. The first-order valence-electron chi connectivity index (χ1n) is 13.7. The third-order valence-electron chi connectivity index (χ3n) is 7.21. The van der Waals surface area contributed by atoms with Gasteiger partial charge in [0, 0.05) is 35.5 Å². The standard InChI is InChI=1S/C33H33N3O6S.ClH/c1-34-19-8-20-36(2)33(38)42-32-27-12-7-6-11-26(27)29(35-43(39,40)24-16-14-23(41-3)15-17-24)21-28(32)31-25-10-5-4-9-22(25)13-18-30(31)37;/h4-7,9-18,21,34-35,37H,8,19-20H2,1-3H3;1H. The van der Waals surface area contributed by atoms with Gasteiger partial charge in [0.05, 0.1) is 17.7 Å². The lowest BCUT2D eigenvalue weighted by molar-refractivity contribution is 0.163. The van der Waals surface area contributed by atoms with Gasteiger partial charge in [0.15, 0.2) is 0 Å². The number of methoxy groups -OCH3 is 1. The van der Waals surface area contributed by atoms with Crippen LogP contribution in [0.25, 0.3) is 32.7 Å². The number of hydrogen-bond acceptors (Lipinski definition) is 7. The zero-order valence-corrected chi connectivity index (χ0v) is 26.2. The molecule has 1 amide bonds. The van der Waals surface area contributed by atoms with Crippen molar-refractivity contribution in [2.24, 2.45) is 0 Å². The van der Waals surface area contributed by atoms with Crippen LogP contribution in [-0.2, 0) is 10.0 Å². The van der Waals surface area contributed by atoms with E-state index >= 15 is 0 Å². The summed E-state index contributed by atoms with van der Waals surface area (Å²) in [5.41, 5.74) is 1.03. The normalized spacial score (nSPS) is 11.2. The summed E-state index contributed by atoms with van der Waals surface area (Å²) in [6.45, 7) is 1.20. The van der Waals surface area contributed by atoms with E-state index in [1.807, 2.05) is 31.3 Å². The summed E-state index contributed by atoms with van der Waals surface area (Å²) in [7, 11) is 0.978. The summed E-state index contributed by atoms with van der Waals surface area (Å²) < 4.78 is 41.1. The van der Waals surface area contributed by atoms with Crippen molar-refractivity contribution in [3.8, 4) is 28.4 Å². The van der Waals surface area contributed by atoms with Crippen molar-refractivity contribution in [3.63, 3.8) is 0 Å².